The summed E-state index contributed by atoms with van der Waals surface area (Å²) >= 11 is 0. The quantitative estimate of drug-likeness (QED) is 0.772. The Balaban J connectivity index is 1.92. The lowest BCUT2D eigenvalue weighted by Gasteiger charge is -2.00. The Morgan fingerprint density at radius 3 is 3.07 bits per heavy atom. The first-order valence-electron chi connectivity index (χ1n) is 5.42. The lowest BCUT2D eigenvalue weighted by atomic mass is 10.2. The molecule has 3 rings (SSSR count). The first-order valence-corrected chi connectivity index (χ1v) is 5.42. The molecule has 4 nitrogen and oxygen atoms in total. The van der Waals surface area contributed by atoms with Crippen molar-refractivity contribution in [2.45, 2.75) is 25.8 Å². The van der Waals surface area contributed by atoms with Gasteiger partial charge in [-0.05, 0) is 24.5 Å². The number of anilines is 1. The molecule has 0 unspecified atom stereocenters. The molecule has 1 heterocycles. The smallest absolute Gasteiger partial charge is 0.136 e. The van der Waals surface area contributed by atoms with Crippen molar-refractivity contribution in [2.75, 3.05) is 5.73 Å². The molecule has 1 aromatic heterocycles. The average Bonchev–Trinajstić information content (AvgIpc) is 2.97. The Bertz CT molecular complexity index is 484. The van der Waals surface area contributed by atoms with Gasteiger partial charge in [-0.25, -0.2) is 4.68 Å². The Kier molecular flexibility index (Phi) is 1.87. The maximum Gasteiger partial charge on any atom is 0.136 e. The van der Waals surface area contributed by atoms with Gasteiger partial charge < -0.3 is 5.73 Å². The summed E-state index contributed by atoms with van der Waals surface area (Å²) < 4.78 is 1.96. The minimum Gasteiger partial charge on any atom is -0.397 e. The molecule has 4 heteroatoms. The SMILES string of the molecule is Nc1cccc2c1nnn2CCC1CC1. The minimum absolute atomic E-state index is 0.713. The van der Waals surface area contributed by atoms with Crippen molar-refractivity contribution in [1.29, 1.82) is 0 Å². The van der Waals surface area contributed by atoms with Crippen molar-refractivity contribution in [3.8, 4) is 0 Å². The summed E-state index contributed by atoms with van der Waals surface area (Å²) in [5.41, 5.74) is 8.41. The van der Waals surface area contributed by atoms with E-state index in [0.29, 0.717) is 5.69 Å². The lowest BCUT2D eigenvalue weighted by molar-refractivity contribution is 0.544. The van der Waals surface area contributed by atoms with Gasteiger partial charge in [-0.15, -0.1) is 5.10 Å². The number of fused-ring (bicyclic) bond motifs is 1. The number of rotatable bonds is 3. The van der Waals surface area contributed by atoms with Crippen molar-refractivity contribution < 1.29 is 0 Å². The normalized spacial score (nSPS) is 16.0. The lowest BCUT2D eigenvalue weighted by Crippen LogP contribution is -2.00. The second-order valence-electron chi connectivity index (χ2n) is 4.26. The van der Waals surface area contributed by atoms with Gasteiger partial charge in [-0.1, -0.05) is 24.1 Å². The van der Waals surface area contributed by atoms with Crippen LogP contribution in [0.2, 0.25) is 0 Å². The summed E-state index contributed by atoms with van der Waals surface area (Å²) in [5, 5.41) is 8.25. The summed E-state index contributed by atoms with van der Waals surface area (Å²) in [6, 6.07) is 5.84. The van der Waals surface area contributed by atoms with Gasteiger partial charge in [0.1, 0.15) is 5.52 Å². The molecule has 1 aliphatic carbocycles. The molecular formula is C11H14N4. The molecule has 1 saturated carbocycles. The van der Waals surface area contributed by atoms with Crippen LogP contribution in [0.5, 0.6) is 0 Å². The summed E-state index contributed by atoms with van der Waals surface area (Å²) in [6.45, 7) is 0.963. The minimum atomic E-state index is 0.713. The number of hydrogen-bond acceptors (Lipinski definition) is 3. The fraction of sp³-hybridized carbons (Fsp3) is 0.455. The molecule has 0 amide bonds. The topological polar surface area (TPSA) is 56.7 Å². The molecule has 0 aliphatic heterocycles. The number of nitrogens with zero attached hydrogens (tertiary/aromatic N) is 3. The number of aromatic nitrogens is 3. The highest BCUT2D eigenvalue weighted by Gasteiger charge is 2.21. The molecule has 0 saturated heterocycles. The molecule has 0 bridgehead atoms. The Morgan fingerprint density at radius 2 is 2.27 bits per heavy atom. The number of hydrogen-bond donors (Lipinski definition) is 1. The maximum absolute atomic E-state index is 5.82. The molecule has 15 heavy (non-hydrogen) atoms. The van der Waals surface area contributed by atoms with Gasteiger partial charge in [0.05, 0.1) is 11.2 Å². The van der Waals surface area contributed by atoms with E-state index in [1.165, 1.54) is 19.3 Å². The highest BCUT2D eigenvalue weighted by molar-refractivity contribution is 5.86. The Hall–Kier alpha value is -1.58. The van der Waals surface area contributed by atoms with Crippen molar-refractivity contribution in [2.24, 2.45) is 5.92 Å². The number of aryl methyl sites for hydroxylation is 1. The van der Waals surface area contributed by atoms with Crippen LogP contribution in [-0.4, -0.2) is 15.0 Å². The summed E-state index contributed by atoms with van der Waals surface area (Å²) in [5.74, 6) is 0.922. The van der Waals surface area contributed by atoms with E-state index in [4.69, 9.17) is 5.73 Å². The van der Waals surface area contributed by atoms with E-state index < -0.39 is 0 Å². The molecule has 0 spiro atoms. The van der Waals surface area contributed by atoms with Crippen LogP contribution in [0, 0.1) is 5.92 Å². The van der Waals surface area contributed by atoms with Crippen LogP contribution in [0.4, 0.5) is 5.69 Å². The third-order valence-electron chi connectivity index (χ3n) is 3.02. The van der Waals surface area contributed by atoms with E-state index in [1.807, 2.05) is 22.9 Å². The molecule has 2 N–H and O–H groups in total. The zero-order valence-electron chi connectivity index (χ0n) is 8.56. The summed E-state index contributed by atoms with van der Waals surface area (Å²) in [6.07, 6.45) is 3.98. The van der Waals surface area contributed by atoms with Crippen LogP contribution < -0.4 is 5.73 Å². The highest BCUT2D eigenvalue weighted by atomic mass is 15.4. The van der Waals surface area contributed by atoms with Gasteiger partial charge >= 0.3 is 0 Å². The van der Waals surface area contributed by atoms with Gasteiger partial charge in [0, 0.05) is 6.54 Å². The first kappa shape index (κ1) is 8.71. The maximum atomic E-state index is 5.82. The number of nitrogens with two attached hydrogens (primary N) is 1. The monoisotopic (exact) mass is 202 g/mol. The van der Waals surface area contributed by atoms with Crippen LogP contribution in [0.25, 0.3) is 11.0 Å². The molecular weight excluding hydrogens is 188 g/mol. The van der Waals surface area contributed by atoms with E-state index in [-0.39, 0.29) is 0 Å². The highest BCUT2D eigenvalue weighted by Crippen LogP contribution is 2.33. The second-order valence-corrected chi connectivity index (χ2v) is 4.26. The van der Waals surface area contributed by atoms with Gasteiger partial charge in [0.2, 0.25) is 0 Å². The van der Waals surface area contributed by atoms with Gasteiger partial charge in [0.15, 0.2) is 0 Å². The molecule has 0 radical (unpaired) electrons. The van der Waals surface area contributed by atoms with E-state index in [9.17, 15) is 0 Å². The van der Waals surface area contributed by atoms with Crippen LogP contribution >= 0.6 is 0 Å². The van der Waals surface area contributed by atoms with Crippen LogP contribution in [0.15, 0.2) is 18.2 Å². The number of benzene rings is 1. The van der Waals surface area contributed by atoms with Crippen molar-refractivity contribution >= 4 is 16.7 Å². The molecule has 0 atom stereocenters. The summed E-state index contributed by atoms with van der Waals surface area (Å²) in [7, 11) is 0. The zero-order chi connectivity index (χ0) is 10.3. The van der Waals surface area contributed by atoms with Gasteiger partial charge in [0.25, 0.3) is 0 Å². The average molecular weight is 202 g/mol. The predicted octanol–water partition coefficient (Wildman–Crippen LogP) is 1.81. The molecule has 1 fully saturated rings. The van der Waals surface area contributed by atoms with E-state index >= 15 is 0 Å². The first-order chi connectivity index (χ1) is 7.34. The van der Waals surface area contributed by atoms with Crippen LogP contribution in [0.1, 0.15) is 19.3 Å². The van der Waals surface area contributed by atoms with Crippen LogP contribution in [0.3, 0.4) is 0 Å². The Morgan fingerprint density at radius 1 is 1.40 bits per heavy atom. The van der Waals surface area contributed by atoms with E-state index in [2.05, 4.69) is 10.3 Å². The third-order valence-corrected chi connectivity index (χ3v) is 3.02. The van der Waals surface area contributed by atoms with Crippen molar-refractivity contribution in [3.63, 3.8) is 0 Å². The molecule has 1 aliphatic rings. The standard InChI is InChI=1S/C11H14N4/c12-9-2-1-3-10-11(9)13-14-15(10)7-6-8-4-5-8/h1-3,8H,4-7,12H2. The fourth-order valence-electron chi connectivity index (χ4n) is 1.89. The largest absolute Gasteiger partial charge is 0.397 e. The molecule has 1 aromatic carbocycles. The van der Waals surface area contributed by atoms with Gasteiger partial charge in [-0.3, -0.25) is 0 Å². The fourth-order valence-corrected chi connectivity index (χ4v) is 1.89. The Labute approximate surface area is 88.1 Å². The third kappa shape index (κ3) is 1.56. The molecule has 78 valence electrons. The predicted molar refractivity (Wildman–Crippen MR) is 59.3 cm³/mol. The number of nitrogen functional groups attached to an aromatic ring is 1. The van der Waals surface area contributed by atoms with Crippen molar-refractivity contribution in [1.82, 2.24) is 15.0 Å². The van der Waals surface area contributed by atoms with Crippen LogP contribution in [-0.2, 0) is 6.54 Å². The second kappa shape index (κ2) is 3.22. The zero-order valence-corrected chi connectivity index (χ0v) is 8.56. The van der Waals surface area contributed by atoms with E-state index in [1.54, 1.807) is 0 Å². The molecule has 2 aromatic rings. The van der Waals surface area contributed by atoms with Crippen molar-refractivity contribution in [3.05, 3.63) is 18.2 Å². The van der Waals surface area contributed by atoms with Gasteiger partial charge in [-0.2, -0.15) is 0 Å². The summed E-state index contributed by atoms with van der Waals surface area (Å²) in [4.78, 5) is 0. The van der Waals surface area contributed by atoms with E-state index in [0.717, 1.165) is 23.5 Å².